The van der Waals surface area contributed by atoms with Crippen molar-refractivity contribution < 1.29 is 13.6 Å². The lowest BCUT2D eigenvalue weighted by molar-refractivity contribution is -0.115. The maximum absolute atomic E-state index is 14.9. The van der Waals surface area contributed by atoms with Crippen LogP contribution in [0, 0.1) is 11.6 Å². The van der Waals surface area contributed by atoms with Crippen LogP contribution in [0.3, 0.4) is 0 Å². The Labute approximate surface area is 187 Å². The summed E-state index contributed by atoms with van der Waals surface area (Å²) in [7, 11) is 2.14. The van der Waals surface area contributed by atoms with Crippen molar-refractivity contribution >= 4 is 29.2 Å². The molecule has 7 heteroatoms. The predicted octanol–water partition coefficient (Wildman–Crippen LogP) is 5.47. The van der Waals surface area contributed by atoms with E-state index in [4.69, 9.17) is 0 Å². The average Bonchev–Trinajstić information content (AvgIpc) is 3.00. The normalized spacial score (nSPS) is 22.7. The molecule has 0 radical (unpaired) electrons. The lowest BCUT2D eigenvalue weighted by Crippen LogP contribution is -2.61. The first-order valence-corrected chi connectivity index (χ1v) is 10.9. The van der Waals surface area contributed by atoms with Crippen LogP contribution in [0.2, 0.25) is 0 Å². The number of hydrogen-bond donors (Lipinski definition) is 2. The van der Waals surface area contributed by atoms with E-state index in [-0.39, 0.29) is 23.0 Å². The second-order valence-corrected chi connectivity index (χ2v) is 10.1. The molecule has 4 rings (SSSR count). The number of hydrogen-bond acceptors (Lipinski definition) is 4. The molecule has 1 fully saturated rings. The van der Waals surface area contributed by atoms with Crippen LogP contribution >= 0.6 is 0 Å². The smallest absolute Gasteiger partial charge is 0.237 e. The molecule has 2 aliphatic heterocycles. The van der Waals surface area contributed by atoms with E-state index in [9.17, 15) is 13.6 Å². The van der Waals surface area contributed by atoms with Crippen LogP contribution in [0.25, 0.3) is 0 Å². The van der Waals surface area contributed by atoms with Crippen LogP contribution in [0.1, 0.15) is 52.0 Å². The van der Waals surface area contributed by atoms with Crippen molar-refractivity contribution in [2.45, 2.75) is 63.6 Å². The highest BCUT2D eigenvalue weighted by molar-refractivity contribution is 6.12. The van der Waals surface area contributed by atoms with Gasteiger partial charge in [0.25, 0.3) is 0 Å². The molecule has 0 aromatic heterocycles. The first kappa shape index (κ1) is 22.4. The molecule has 170 valence electrons. The molecule has 1 amide bonds. The van der Waals surface area contributed by atoms with Crippen molar-refractivity contribution in [3.05, 3.63) is 53.6 Å². The van der Waals surface area contributed by atoms with E-state index in [0.29, 0.717) is 22.6 Å². The van der Waals surface area contributed by atoms with Gasteiger partial charge >= 0.3 is 0 Å². The molecular formula is C25H30F2N4O. The zero-order chi connectivity index (χ0) is 23.3. The van der Waals surface area contributed by atoms with Crippen LogP contribution in [0.5, 0.6) is 0 Å². The molecule has 1 unspecified atom stereocenters. The number of nitrogens with one attached hydrogen (secondary N) is 2. The number of carbonyl (C=O) groups excluding carboxylic acids is 1. The third kappa shape index (κ3) is 4.26. The highest BCUT2D eigenvalue weighted by Gasteiger charge is 2.43. The number of piperidine rings is 1. The number of aliphatic imine (C=N–C) groups is 1. The molecule has 2 aromatic carbocycles. The second-order valence-electron chi connectivity index (χ2n) is 10.1. The molecular weight excluding hydrogens is 410 g/mol. The molecule has 2 aromatic rings. The number of rotatable bonds is 4. The third-order valence-electron chi connectivity index (χ3n) is 6.88. The molecule has 0 saturated carbocycles. The number of fused-ring (bicyclic) bond motifs is 1. The quantitative estimate of drug-likeness (QED) is 0.620. The highest BCUT2D eigenvalue weighted by atomic mass is 19.1. The van der Waals surface area contributed by atoms with E-state index in [1.165, 1.54) is 30.5 Å². The fraction of sp³-hybridized carbons (Fsp3) is 0.440. The first-order valence-electron chi connectivity index (χ1n) is 10.9. The molecule has 0 spiro atoms. The standard InChI is InChI=1S/C25H30F2N4O/c1-24(2)12-17(13-25(3,4)31(24)5)29-22-9-7-16(11-20(22)27)28-14-19-18-10-15(26)6-8-21(18)30-23(19)32/h6-11,14,17,19,29H,12-13H2,1-5H3,(H,30,32). The van der Waals surface area contributed by atoms with Crippen LogP contribution in [0.15, 0.2) is 41.4 Å². The fourth-order valence-electron chi connectivity index (χ4n) is 4.96. The Balaban J connectivity index is 1.49. The number of nitrogens with zero attached hydrogens (tertiary/aromatic N) is 2. The van der Waals surface area contributed by atoms with Gasteiger partial charge in [0.15, 0.2) is 0 Å². The third-order valence-corrected chi connectivity index (χ3v) is 6.88. The summed E-state index contributed by atoms with van der Waals surface area (Å²) in [4.78, 5) is 18.9. The number of benzene rings is 2. The Bertz CT molecular complexity index is 1060. The number of halogens is 2. The van der Waals surface area contributed by atoms with Crippen molar-refractivity contribution in [3.8, 4) is 0 Å². The summed E-state index contributed by atoms with van der Waals surface area (Å²) in [6.45, 7) is 8.83. The molecule has 5 nitrogen and oxygen atoms in total. The summed E-state index contributed by atoms with van der Waals surface area (Å²) in [6, 6.07) is 9.04. The van der Waals surface area contributed by atoms with Gasteiger partial charge in [-0.3, -0.25) is 14.7 Å². The first-order chi connectivity index (χ1) is 15.0. The Morgan fingerprint density at radius 3 is 2.44 bits per heavy atom. The summed E-state index contributed by atoms with van der Waals surface area (Å²) >= 11 is 0. The van der Waals surface area contributed by atoms with Gasteiger partial charge in [-0.25, -0.2) is 8.78 Å². The van der Waals surface area contributed by atoms with Gasteiger partial charge in [-0.15, -0.1) is 0 Å². The monoisotopic (exact) mass is 440 g/mol. The maximum Gasteiger partial charge on any atom is 0.237 e. The Kier molecular flexibility index (Phi) is 5.57. The van der Waals surface area contributed by atoms with E-state index in [1.54, 1.807) is 12.1 Å². The molecule has 1 atom stereocenters. The molecule has 1 saturated heterocycles. The van der Waals surface area contributed by atoms with E-state index in [2.05, 4.69) is 55.3 Å². The van der Waals surface area contributed by atoms with Crippen molar-refractivity contribution in [1.29, 1.82) is 0 Å². The van der Waals surface area contributed by atoms with E-state index in [1.807, 2.05) is 0 Å². The van der Waals surface area contributed by atoms with Crippen LogP contribution in [0.4, 0.5) is 25.8 Å². The maximum atomic E-state index is 14.9. The number of likely N-dealkylation sites (tertiary alicyclic amines) is 1. The van der Waals surface area contributed by atoms with Crippen LogP contribution in [-0.4, -0.2) is 41.2 Å². The topological polar surface area (TPSA) is 56.7 Å². The minimum absolute atomic E-state index is 0.00223. The van der Waals surface area contributed by atoms with Crippen molar-refractivity contribution in [1.82, 2.24) is 4.90 Å². The van der Waals surface area contributed by atoms with Crippen LogP contribution < -0.4 is 10.6 Å². The number of carbonyl (C=O) groups is 1. The fourth-order valence-corrected chi connectivity index (χ4v) is 4.96. The molecule has 2 aliphatic rings. The zero-order valence-corrected chi connectivity index (χ0v) is 19.2. The molecule has 0 bridgehead atoms. The van der Waals surface area contributed by atoms with Crippen molar-refractivity contribution in [2.24, 2.45) is 4.99 Å². The lowest BCUT2D eigenvalue weighted by Gasteiger charge is -2.53. The Morgan fingerprint density at radius 1 is 1.09 bits per heavy atom. The van der Waals surface area contributed by atoms with Gasteiger partial charge in [-0.2, -0.15) is 0 Å². The SMILES string of the molecule is CN1C(C)(C)CC(Nc2ccc(N=CC3C(=O)Nc4ccc(F)cc43)cc2F)CC1(C)C. The van der Waals surface area contributed by atoms with Crippen molar-refractivity contribution in [2.75, 3.05) is 17.7 Å². The van der Waals surface area contributed by atoms with Gasteiger partial charge in [-0.05, 0) is 83.5 Å². The van der Waals surface area contributed by atoms with E-state index < -0.39 is 17.6 Å². The summed E-state index contributed by atoms with van der Waals surface area (Å²) in [5, 5.41) is 6.08. The predicted molar refractivity (Wildman–Crippen MR) is 125 cm³/mol. The highest BCUT2D eigenvalue weighted by Crippen LogP contribution is 2.38. The molecule has 0 aliphatic carbocycles. The van der Waals surface area contributed by atoms with Gasteiger partial charge < -0.3 is 10.6 Å². The number of anilines is 2. The lowest BCUT2D eigenvalue weighted by atomic mass is 9.77. The summed E-state index contributed by atoms with van der Waals surface area (Å²) in [5.41, 5.74) is 1.94. The van der Waals surface area contributed by atoms with Crippen LogP contribution in [-0.2, 0) is 4.79 Å². The van der Waals surface area contributed by atoms with Gasteiger partial charge in [0, 0.05) is 35.1 Å². The number of amides is 1. The minimum Gasteiger partial charge on any atom is -0.380 e. The summed E-state index contributed by atoms with van der Waals surface area (Å²) in [6.07, 6.45) is 3.24. The zero-order valence-electron chi connectivity index (χ0n) is 19.2. The van der Waals surface area contributed by atoms with Gasteiger partial charge in [-0.1, -0.05) is 0 Å². The molecule has 2 heterocycles. The Morgan fingerprint density at radius 2 is 1.78 bits per heavy atom. The van der Waals surface area contributed by atoms with E-state index >= 15 is 0 Å². The van der Waals surface area contributed by atoms with Gasteiger partial charge in [0.2, 0.25) is 5.91 Å². The average molecular weight is 441 g/mol. The Hall–Kier alpha value is -2.80. The van der Waals surface area contributed by atoms with E-state index in [0.717, 1.165) is 12.8 Å². The summed E-state index contributed by atoms with van der Waals surface area (Å²) < 4.78 is 28.5. The van der Waals surface area contributed by atoms with Crippen molar-refractivity contribution in [3.63, 3.8) is 0 Å². The summed E-state index contributed by atoms with van der Waals surface area (Å²) in [5.74, 6) is -1.79. The minimum atomic E-state index is -0.703. The van der Waals surface area contributed by atoms with Gasteiger partial charge in [0.05, 0.1) is 11.4 Å². The second kappa shape index (κ2) is 7.96. The van der Waals surface area contributed by atoms with Gasteiger partial charge in [0.1, 0.15) is 17.6 Å². The molecule has 2 N–H and O–H groups in total. The molecule has 32 heavy (non-hydrogen) atoms. The largest absolute Gasteiger partial charge is 0.380 e.